The van der Waals surface area contributed by atoms with Crippen LogP contribution in [0.25, 0.3) is 0 Å². The number of nitrogens with zero attached hydrogens (tertiary/aromatic N) is 1. The minimum atomic E-state index is -0.257. The second-order valence-electron chi connectivity index (χ2n) is 5.19. The van der Waals surface area contributed by atoms with Crippen molar-refractivity contribution in [3.8, 4) is 0 Å². The summed E-state index contributed by atoms with van der Waals surface area (Å²) in [6, 6.07) is 0.331. The minimum Gasteiger partial charge on any atom is -0.466 e. The lowest BCUT2D eigenvalue weighted by Gasteiger charge is -2.37. The maximum atomic E-state index is 12.1. The monoisotopic (exact) mass is 270 g/mol. The van der Waals surface area contributed by atoms with Gasteiger partial charge in [0, 0.05) is 12.6 Å². The summed E-state index contributed by atoms with van der Waals surface area (Å²) in [6.07, 6.45) is 3.40. The quantitative estimate of drug-likeness (QED) is 0.740. The van der Waals surface area contributed by atoms with Gasteiger partial charge in [-0.2, -0.15) is 0 Å². The summed E-state index contributed by atoms with van der Waals surface area (Å²) in [5.74, 6) is -0.218. The number of likely N-dealkylation sites (tertiary alicyclic amines) is 1. The maximum absolute atomic E-state index is 12.1. The molecular weight excluding hydrogens is 244 g/mol. The molecule has 0 radical (unpaired) electrons. The molecular formula is C14H26N2O3. The number of carbonyl (C=O) groups is 2. The van der Waals surface area contributed by atoms with Gasteiger partial charge < -0.3 is 10.1 Å². The number of hydrogen-bond acceptors (Lipinski definition) is 4. The fraction of sp³-hybridized carbons (Fsp3) is 0.857. The molecule has 0 bridgehead atoms. The van der Waals surface area contributed by atoms with E-state index in [2.05, 4.69) is 24.1 Å². The van der Waals surface area contributed by atoms with Gasteiger partial charge in [-0.1, -0.05) is 6.42 Å². The lowest BCUT2D eigenvalue weighted by Crippen LogP contribution is -2.52. The SMILES string of the molecule is CCOC(=O)CCNC(=O)[C@@H]1CCCCN1C(C)C. The van der Waals surface area contributed by atoms with Gasteiger partial charge in [0.05, 0.1) is 19.1 Å². The summed E-state index contributed by atoms with van der Waals surface area (Å²) in [5.41, 5.74) is 0. The summed E-state index contributed by atoms with van der Waals surface area (Å²) < 4.78 is 4.83. The second kappa shape index (κ2) is 8.15. The van der Waals surface area contributed by atoms with Gasteiger partial charge in [0.25, 0.3) is 0 Å². The molecule has 5 nitrogen and oxygen atoms in total. The number of nitrogens with one attached hydrogen (secondary N) is 1. The van der Waals surface area contributed by atoms with Crippen LogP contribution >= 0.6 is 0 Å². The average Bonchev–Trinajstić information content (AvgIpc) is 2.38. The van der Waals surface area contributed by atoms with Crippen LogP contribution in [0.3, 0.4) is 0 Å². The number of carbonyl (C=O) groups excluding carboxylic acids is 2. The summed E-state index contributed by atoms with van der Waals surface area (Å²) in [6.45, 7) is 7.73. The van der Waals surface area contributed by atoms with Crippen molar-refractivity contribution in [3.05, 3.63) is 0 Å². The molecule has 0 aromatic heterocycles. The lowest BCUT2D eigenvalue weighted by atomic mass is 9.99. The molecule has 110 valence electrons. The van der Waals surface area contributed by atoms with Gasteiger partial charge in [-0.15, -0.1) is 0 Å². The second-order valence-corrected chi connectivity index (χ2v) is 5.19. The largest absolute Gasteiger partial charge is 0.466 e. The summed E-state index contributed by atoms with van der Waals surface area (Å²) >= 11 is 0. The van der Waals surface area contributed by atoms with E-state index < -0.39 is 0 Å². The van der Waals surface area contributed by atoms with Crippen LogP contribution in [0.4, 0.5) is 0 Å². The van der Waals surface area contributed by atoms with Gasteiger partial charge in [0.2, 0.25) is 5.91 Å². The van der Waals surface area contributed by atoms with Crippen LogP contribution in [0.2, 0.25) is 0 Å². The number of esters is 1. The first kappa shape index (κ1) is 16.0. The van der Waals surface area contributed by atoms with Crippen LogP contribution < -0.4 is 5.32 Å². The molecule has 19 heavy (non-hydrogen) atoms. The molecule has 1 aliphatic heterocycles. The van der Waals surface area contributed by atoms with E-state index in [-0.39, 0.29) is 24.3 Å². The molecule has 1 atom stereocenters. The fourth-order valence-electron chi connectivity index (χ4n) is 2.49. The normalized spacial score (nSPS) is 20.3. The van der Waals surface area contributed by atoms with Crippen molar-refractivity contribution >= 4 is 11.9 Å². The van der Waals surface area contributed by atoms with Crippen molar-refractivity contribution in [1.82, 2.24) is 10.2 Å². The predicted molar refractivity (Wildman–Crippen MR) is 73.7 cm³/mol. The van der Waals surface area contributed by atoms with E-state index in [0.717, 1.165) is 25.8 Å². The Bertz CT molecular complexity index is 305. The van der Waals surface area contributed by atoms with E-state index in [1.54, 1.807) is 6.92 Å². The number of amides is 1. The van der Waals surface area contributed by atoms with Crippen LogP contribution in [0.5, 0.6) is 0 Å². The van der Waals surface area contributed by atoms with Gasteiger partial charge in [-0.3, -0.25) is 14.5 Å². The average molecular weight is 270 g/mol. The lowest BCUT2D eigenvalue weighted by molar-refractivity contribution is -0.143. The van der Waals surface area contributed by atoms with Crippen molar-refractivity contribution in [2.45, 2.75) is 58.5 Å². The molecule has 1 heterocycles. The van der Waals surface area contributed by atoms with Crippen LogP contribution in [-0.4, -0.2) is 48.6 Å². The topological polar surface area (TPSA) is 58.6 Å². The van der Waals surface area contributed by atoms with Crippen molar-refractivity contribution in [2.24, 2.45) is 0 Å². The molecule has 1 saturated heterocycles. The summed E-state index contributed by atoms with van der Waals surface area (Å²) in [4.78, 5) is 25.6. The molecule has 0 saturated carbocycles. The van der Waals surface area contributed by atoms with Gasteiger partial charge in [0.15, 0.2) is 0 Å². The van der Waals surface area contributed by atoms with Crippen LogP contribution in [0.1, 0.15) is 46.5 Å². The Balaban J connectivity index is 2.36. The number of ether oxygens (including phenoxy) is 1. The van der Waals surface area contributed by atoms with E-state index in [9.17, 15) is 9.59 Å². The molecule has 0 aliphatic carbocycles. The molecule has 1 amide bonds. The van der Waals surface area contributed by atoms with E-state index in [1.807, 2.05) is 0 Å². The Morgan fingerprint density at radius 1 is 1.37 bits per heavy atom. The first-order valence-corrected chi connectivity index (χ1v) is 7.25. The zero-order valence-electron chi connectivity index (χ0n) is 12.3. The molecule has 0 aromatic rings. The van der Waals surface area contributed by atoms with E-state index in [0.29, 0.717) is 19.2 Å². The maximum Gasteiger partial charge on any atom is 0.307 e. The highest BCUT2D eigenvalue weighted by Gasteiger charge is 2.29. The Labute approximate surface area is 115 Å². The third-order valence-corrected chi connectivity index (χ3v) is 3.44. The Kier molecular flexibility index (Phi) is 6.84. The van der Waals surface area contributed by atoms with Crippen LogP contribution in [0.15, 0.2) is 0 Å². The number of hydrogen-bond donors (Lipinski definition) is 1. The van der Waals surface area contributed by atoms with E-state index in [4.69, 9.17) is 4.74 Å². The van der Waals surface area contributed by atoms with Crippen molar-refractivity contribution in [1.29, 1.82) is 0 Å². The first-order chi connectivity index (χ1) is 9.06. The highest BCUT2D eigenvalue weighted by Crippen LogP contribution is 2.19. The van der Waals surface area contributed by atoms with Crippen molar-refractivity contribution < 1.29 is 14.3 Å². The molecule has 0 spiro atoms. The third kappa shape index (κ3) is 5.19. The summed E-state index contributed by atoms with van der Waals surface area (Å²) in [5, 5.41) is 2.85. The molecule has 0 unspecified atom stereocenters. The van der Waals surface area contributed by atoms with Gasteiger partial charge in [-0.05, 0) is 40.2 Å². The smallest absolute Gasteiger partial charge is 0.307 e. The molecule has 1 aliphatic rings. The summed E-state index contributed by atoms with van der Waals surface area (Å²) in [7, 11) is 0. The highest BCUT2D eigenvalue weighted by molar-refractivity contribution is 5.82. The van der Waals surface area contributed by atoms with E-state index in [1.165, 1.54) is 0 Å². The van der Waals surface area contributed by atoms with E-state index >= 15 is 0 Å². The number of piperidine rings is 1. The molecule has 5 heteroatoms. The highest BCUT2D eigenvalue weighted by atomic mass is 16.5. The Morgan fingerprint density at radius 3 is 2.74 bits per heavy atom. The zero-order valence-corrected chi connectivity index (χ0v) is 12.3. The molecule has 1 rings (SSSR count). The van der Waals surface area contributed by atoms with Crippen molar-refractivity contribution in [3.63, 3.8) is 0 Å². The van der Waals surface area contributed by atoms with Crippen LogP contribution in [0, 0.1) is 0 Å². The molecule has 1 N–H and O–H groups in total. The minimum absolute atomic E-state index is 0.0395. The van der Waals surface area contributed by atoms with Crippen molar-refractivity contribution in [2.75, 3.05) is 19.7 Å². The van der Waals surface area contributed by atoms with Gasteiger partial charge >= 0.3 is 5.97 Å². The fourth-order valence-corrected chi connectivity index (χ4v) is 2.49. The zero-order chi connectivity index (χ0) is 14.3. The first-order valence-electron chi connectivity index (χ1n) is 7.25. The standard InChI is InChI=1S/C14H26N2O3/c1-4-19-13(17)8-9-15-14(18)12-7-5-6-10-16(12)11(2)3/h11-12H,4-10H2,1-3H3,(H,15,18)/t12-/m0/s1. The Hall–Kier alpha value is -1.10. The Morgan fingerprint density at radius 2 is 2.11 bits per heavy atom. The van der Waals surface area contributed by atoms with Gasteiger partial charge in [-0.25, -0.2) is 0 Å². The third-order valence-electron chi connectivity index (χ3n) is 3.44. The predicted octanol–water partition coefficient (Wildman–Crippen LogP) is 1.32. The number of rotatable bonds is 6. The van der Waals surface area contributed by atoms with Gasteiger partial charge in [0.1, 0.15) is 0 Å². The van der Waals surface area contributed by atoms with Crippen LogP contribution in [-0.2, 0) is 14.3 Å². The molecule has 0 aromatic carbocycles. The molecule has 1 fully saturated rings.